The Labute approximate surface area is 195 Å². The number of benzene rings is 3. The highest BCUT2D eigenvalue weighted by Gasteiger charge is 2.31. The minimum absolute atomic E-state index is 0.120. The van der Waals surface area contributed by atoms with Crippen molar-refractivity contribution in [2.45, 2.75) is 46.3 Å². The minimum Gasteiger partial charge on any atom is -0.350 e. The maximum atomic E-state index is 13.4. The molecule has 4 nitrogen and oxygen atoms in total. The zero-order valence-corrected chi connectivity index (χ0v) is 19.4. The van der Waals surface area contributed by atoms with Crippen LogP contribution in [0.2, 0.25) is 0 Å². The Morgan fingerprint density at radius 2 is 1.45 bits per heavy atom. The van der Waals surface area contributed by atoms with Gasteiger partial charge < -0.3 is 10.2 Å². The second kappa shape index (κ2) is 11.4. The highest BCUT2D eigenvalue weighted by molar-refractivity contribution is 5.88. The summed E-state index contributed by atoms with van der Waals surface area (Å²) in [6.07, 6.45) is 0.389. The lowest BCUT2D eigenvalue weighted by Gasteiger charge is -2.33. The molecule has 3 aromatic carbocycles. The fourth-order valence-corrected chi connectivity index (χ4v) is 3.65. The molecule has 0 aliphatic rings. The SMILES string of the molecule is Cc1ccc(CNC(=O)[C@@H](Cc2ccccc2)N(Cc2ccc(F)cc2)C(=O)C(C)C)cc1. The van der Waals surface area contributed by atoms with Gasteiger partial charge >= 0.3 is 0 Å². The molecule has 3 rings (SSSR count). The van der Waals surface area contributed by atoms with Crippen LogP contribution in [0.3, 0.4) is 0 Å². The Hall–Kier alpha value is -3.47. The van der Waals surface area contributed by atoms with E-state index < -0.39 is 6.04 Å². The minimum atomic E-state index is -0.696. The van der Waals surface area contributed by atoms with E-state index in [1.807, 2.05) is 75.4 Å². The maximum absolute atomic E-state index is 13.4. The van der Waals surface area contributed by atoms with Gasteiger partial charge in [-0.05, 0) is 35.7 Å². The normalized spacial score (nSPS) is 11.8. The summed E-state index contributed by atoms with van der Waals surface area (Å²) in [6, 6.07) is 23.0. The third-order valence-electron chi connectivity index (χ3n) is 5.58. The van der Waals surface area contributed by atoms with Gasteiger partial charge in [-0.3, -0.25) is 9.59 Å². The first kappa shape index (κ1) is 24.2. The molecule has 0 saturated carbocycles. The molecule has 33 heavy (non-hydrogen) atoms. The first-order chi connectivity index (χ1) is 15.8. The van der Waals surface area contributed by atoms with Crippen LogP contribution in [-0.4, -0.2) is 22.8 Å². The summed E-state index contributed by atoms with van der Waals surface area (Å²) in [7, 11) is 0. The van der Waals surface area contributed by atoms with Crippen molar-refractivity contribution in [3.8, 4) is 0 Å². The monoisotopic (exact) mass is 446 g/mol. The van der Waals surface area contributed by atoms with E-state index in [0.717, 1.165) is 22.3 Å². The van der Waals surface area contributed by atoms with Gasteiger partial charge in [-0.1, -0.05) is 86.1 Å². The molecule has 5 heteroatoms. The van der Waals surface area contributed by atoms with Crippen molar-refractivity contribution < 1.29 is 14.0 Å². The molecule has 0 aliphatic heterocycles. The molecule has 2 amide bonds. The second-order valence-corrected chi connectivity index (χ2v) is 8.66. The lowest BCUT2D eigenvalue weighted by atomic mass is 10.0. The van der Waals surface area contributed by atoms with Crippen molar-refractivity contribution in [1.82, 2.24) is 10.2 Å². The smallest absolute Gasteiger partial charge is 0.243 e. The molecule has 172 valence electrons. The first-order valence-electron chi connectivity index (χ1n) is 11.3. The quantitative estimate of drug-likeness (QED) is 0.500. The number of nitrogens with one attached hydrogen (secondary N) is 1. The summed E-state index contributed by atoms with van der Waals surface area (Å²) in [4.78, 5) is 28.3. The Kier molecular flexibility index (Phi) is 8.36. The van der Waals surface area contributed by atoms with Crippen LogP contribution in [0.1, 0.15) is 36.1 Å². The number of rotatable bonds is 9. The molecule has 3 aromatic rings. The molecule has 0 bridgehead atoms. The van der Waals surface area contributed by atoms with Crippen LogP contribution in [0, 0.1) is 18.7 Å². The molecule has 0 aromatic heterocycles. The highest BCUT2D eigenvalue weighted by Crippen LogP contribution is 2.18. The molecule has 0 aliphatic carbocycles. The van der Waals surface area contributed by atoms with E-state index >= 15 is 0 Å². The number of hydrogen-bond donors (Lipinski definition) is 1. The van der Waals surface area contributed by atoms with Crippen LogP contribution in [-0.2, 0) is 29.1 Å². The van der Waals surface area contributed by atoms with E-state index in [9.17, 15) is 14.0 Å². The van der Waals surface area contributed by atoms with Crippen LogP contribution < -0.4 is 5.32 Å². The predicted octanol–water partition coefficient (Wildman–Crippen LogP) is 5.05. The Bertz CT molecular complexity index is 1050. The van der Waals surface area contributed by atoms with E-state index in [2.05, 4.69) is 5.32 Å². The molecule has 0 spiro atoms. The number of nitrogens with zero attached hydrogens (tertiary/aromatic N) is 1. The van der Waals surface area contributed by atoms with Gasteiger partial charge in [-0.15, -0.1) is 0 Å². The summed E-state index contributed by atoms with van der Waals surface area (Å²) in [5, 5.41) is 3.02. The van der Waals surface area contributed by atoms with E-state index in [0.29, 0.717) is 13.0 Å². The summed E-state index contributed by atoms with van der Waals surface area (Å²) >= 11 is 0. The average molecular weight is 447 g/mol. The number of carbonyl (C=O) groups is 2. The van der Waals surface area contributed by atoms with Crippen molar-refractivity contribution in [3.05, 3.63) is 107 Å². The van der Waals surface area contributed by atoms with Gasteiger partial charge in [0.1, 0.15) is 11.9 Å². The Morgan fingerprint density at radius 1 is 0.848 bits per heavy atom. The average Bonchev–Trinajstić information content (AvgIpc) is 2.82. The number of aryl methyl sites for hydroxylation is 1. The molecule has 1 atom stereocenters. The van der Waals surface area contributed by atoms with Gasteiger partial charge in [0.15, 0.2) is 0 Å². The van der Waals surface area contributed by atoms with E-state index in [4.69, 9.17) is 0 Å². The van der Waals surface area contributed by atoms with Crippen molar-refractivity contribution in [2.24, 2.45) is 5.92 Å². The third-order valence-corrected chi connectivity index (χ3v) is 5.58. The predicted molar refractivity (Wildman–Crippen MR) is 129 cm³/mol. The number of carbonyl (C=O) groups excluding carboxylic acids is 2. The third kappa shape index (κ3) is 7.01. The van der Waals surface area contributed by atoms with Crippen molar-refractivity contribution in [2.75, 3.05) is 0 Å². The van der Waals surface area contributed by atoms with Gasteiger partial charge in [-0.25, -0.2) is 4.39 Å². The lowest BCUT2D eigenvalue weighted by molar-refractivity contribution is -0.143. The Balaban J connectivity index is 1.88. The van der Waals surface area contributed by atoms with E-state index in [-0.39, 0.29) is 30.1 Å². The molecule has 0 heterocycles. The lowest BCUT2D eigenvalue weighted by Crippen LogP contribution is -2.51. The molecular weight excluding hydrogens is 415 g/mol. The molecule has 0 fully saturated rings. The fourth-order valence-electron chi connectivity index (χ4n) is 3.65. The van der Waals surface area contributed by atoms with E-state index in [1.165, 1.54) is 12.1 Å². The van der Waals surface area contributed by atoms with Crippen molar-refractivity contribution in [1.29, 1.82) is 0 Å². The summed E-state index contributed by atoms with van der Waals surface area (Å²) in [6.45, 7) is 6.27. The maximum Gasteiger partial charge on any atom is 0.243 e. The number of halogens is 1. The van der Waals surface area contributed by atoms with Crippen LogP contribution in [0.5, 0.6) is 0 Å². The molecule has 1 N–H and O–H groups in total. The van der Waals surface area contributed by atoms with Gasteiger partial charge in [0.25, 0.3) is 0 Å². The topological polar surface area (TPSA) is 49.4 Å². The van der Waals surface area contributed by atoms with Gasteiger partial charge in [0, 0.05) is 25.4 Å². The molecular formula is C28H31FN2O2. The number of hydrogen-bond acceptors (Lipinski definition) is 2. The van der Waals surface area contributed by atoms with Crippen molar-refractivity contribution in [3.63, 3.8) is 0 Å². The zero-order valence-electron chi connectivity index (χ0n) is 19.4. The van der Waals surface area contributed by atoms with Crippen LogP contribution >= 0.6 is 0 Å². The summed E-state index contributed by atoms with van der Waals surface area (Å²) in [5.74, 6) is -0.952. The Morgan fingerprint density at radius 3 is 2.06 bits per heavy atom. The molecule has 0 saturated heterocycles. The largest absolute Gasteiger partial charge is 0.350 e. The summed E-state index contributed by atoms with van der Waals surface area (Å²) < 4.78 is 13.4. The highest BCUT2D eigenvalue weighted by atomic mass is 19.1. The molecule has 0 unspecified atom stereocenters. The van der Waals surface area contributed by atoms with E-state index in [1.54, 1.807) is 17.0 Å². The van der Waals surface area contributed by atoms with Crippen LogP contribution in [0.15, 0.2) is 78.9 Å². The van der Waals surface area contributed by atoms with Crippen LogP contribution in [0.25, 0.3) is 0 Å². The van der Waals surface area contributed by atoms with Crippen molar-refractivity contribution >= 4 is 11.8 Å². The van der Waals surface area contributed by atoms with Gasteiger partial charge in [0.05, 0.1) is 0 Å². The standard InChI is InChI=1S/C28H31FN2O2/c1-20(2)28(33)31(19-24-13-15-25(29)16-14-24)26(17-22-7-5-4-6-8-22)27(32)30-18-23-11-9-21(3)10-12-23/h4-16,20,26H,17-19H2,1-3H3,(H,30,32)/t26-/m1/s1. The van der Waals surface area contributed by atoms with Gasteiger partial charge in [-0.2, -0.15) is 0 Å². The second-order valence-electron chi connectivity index (χ2n) is 8.66. The molecule has 0 radical (unpaired) electrons. The zero-order chi connectivity index (χ0) is 23.8. The first-order valence-corrected chi connectivity index (χ1v) is 11.3. The number of amides is 2. The summed E-state index contributed by atoms with van der Waals surface area (Å²) in [5.41, 5.74) is 3.89. The fraction of sp³-hybridized carbons (Fsp3) is 0.286. The van der Waals surface area contributed by atoms with Gasteiger partial charge in [0.2, 0.25) is 11.8 Å². The van der Waals surface area contributed by atoms with Crippen LogP contribution in [0.4, 0.5) is 4.39 Å².